The molecule has 1 atom stereocenters. The minimum Gasteiger partial charge on any atom is -0.456 e. The summed E-state index contributed by atoms with van der Waals surface area (Å²) in [6, 6.07) is 9.36. The zero-order chi connectivity index (χ0) is 35.1. The summed E-state index contributed by atoms with van der Waals surface area (Å²) >= 11 is 0. The van der Waals surface area contributed by atoms with Crippen molar-refractivity contribution < 1.29 is 35.8 Å². The van der Waals surface area contributed by atoms with Crippen LogP contribution in [0.5, 0.6) is 5.75 Å². The summed E-state index contributed by atoms with van der Waals surface area (Å²) in [7, 11) is -9.06. The summed E-state index contributed by atoms with van der Waals surface area (Å²) in [4.78, 5) is 19.2. The summed E-state index contributed by atoms with van der Waals surface area (Å²) < 4.78 is 71.7. The molecule has 1 aliphatic carbocycles. The highest BCUT2D eigenvalue weighted by Crippen LogP contribution is 2.46. The van der Waals surface area contributed by atoms with Crippen LogP contribution in [0.2, 0.25) is 0 Å². The zero-order valence-corrected chi connectivity index (χ0v) is 29.4. The van der Waals surface area contributed by atoms with Gasteiger partial charge in [0.2, 0.25) is 15.9 Å². The predicted octanol–water partition coefficient (Wildman–Crippen LogP) is 3.20. The maximum absolute atomic E-state index is 13.2. The number of fused-ring (bicyclic) bond motifs is 2. The van der Waals surface area contributed by atoms with E-state index in [9.17, 15) is 26.2 Å². The molecular formula is C33H45N5O8S2. The van der Waals surface area contributed by atoms with E-state index in [-0.39, 0.29) is 29.7 Å². The fraction of sp³-hybridized carbons (Fsp3) is 0.424. The molecule has 0 spiro atoms. The largest absolute Gasteiger partial charge is 0.456 e. The molecule has 0 bridgehead atoms. The van der Waals surface area contributed by atoms with Crippen molar-refractivity contribution in [1.29, 1.82) is 0 Å². The lowest BCUT2D eigenvalue weighted by Crippen LogP contribution is -2.34. The van der Waals surface area contributed by atoms with Gasteiger partial charge in [-0.05, 0) is 70.1 Å². The van der Waals surface area contributed by atoms with Gasteiger partial charge >= 0.3 is 0 Å². The standard InChI is InChI=1S/C33H45N5O8S2/c1-5-37(6-2)23-11-14-26-29(19-23)46-30-20-24(38(7-3)8-4)12-15-27(30)33(26)28-16-13-25(21-31(28)48(42,43)44)47(40,41)36-18-10-9-17-35-32(39)22-45-34/h11-16,19-21,23,36H,5-10,17-18,22,34H2,1-4H3,(H,35,39)(H,42,43,44). The molecule has 4 rings (SSSR count). The number of sulfonamides is 1. The fourth-order valence-corrected chi connectivity index (χ4v) is 7.77. The summed E-state index contributed by atoms with van der Waals surface area (Å²) in [6.07, 6.45) is 6.76. The number of likely N-dealkylation sites (N-methyl/N-ethyl adjacent to an activating group) is 1. The van der Waals surface area contributed by atoms with Gasteiger partial charge in [-0.1, -0.05) is 32.1 Å². The number of nitrogens with zero attached hydrogens (tertiary/aromatic N) is 2. The number of amides is 1. The number of carbonyl (C=O) groups is 1. The Labute approximate surface area is 283 Å². The summed E-state index contributed by atoms with van der Waals surface area (Å²) in [5.74, 6) is 5.53. The Morgan fingerprint density at radius 1 is 0.958 bits per heavy atom. The molecule has 2 aliphatic rings. The highest BCUT2D eigenvalue weighted by atomic mass is 32.2. The number of carbonyl (C=O) groups excluding carboxylic acids is 1. The minimum absolute atomic E-state index is 0.0378. The first-order valence-electron chi connectivity index (χ1n) is 16.0. The van der Waals surface area contributed by atoms with E-state index in [1.807, 2.05) is 36.4 Å². The van der Waals surface area contributed by atoms with E-state index in [0.29, 0.717) is 47.6 Å². The lowest BCUT2D eigenvalue weighted by Gasteiger charge is -2.33. The van der Waals surface area contributed by atoms with Gasteiger partial charge in [-0.2, -0.15) is 8.42 Å². The second-order valence-corrected chi connectivity index (χ2v) is 14.4. The van der Waals surface area contributed by atoms with Gasteiger partial charge in [-0.25, -0.2) is 19.0 Å². The molecule has 5 N–H and O–H groups in total. The first-order chi connectivity index (χ1) is 22.9. The van der Waals surface area contributed by atoms with Crippen LogP contribution in [-0.2, 0) is 29.8 Å². The van der Waals surface area contributed by atoms with Crippen molar-refractivity contribution in [2.45, 2.75) is 56.4 Å². The van der Waals surface area contributed by atoms with Crippen LogP contribution in [0.3, 0.4) is 0 Å². The molecule has 1 unspecified atom stereocenters. The van der Waals surface area contributed by atoms with Gasteiger partial charge in [0.05, 0.1) is 10.9 Å². The lowest BCUT2D eigenvalue weighted by molar-refractivity contribution is -0.125. The maximum atomic E-state index is 13.2. The average Bonchev–Trinajstić information content (AvgIpc) is 3.05. The first kappa shape index (κ1) is 37.3. The summed E-state index contributed by atoms with van der Waals surface area (Å²) in [6.45, 7) is 11.5. The van der Waals surface area contributed by atoms with Crippen LogP contribution in [0.1, 0.15) is 51.7 Å². The van der Waals surface area contributed by atoms with Gasteiger partial charge in [-0.15, -0.1) is 0 Å². The molecule has 15 heteroatoms. The predicted molar refractivity (Wildman–Crippen MR) is 184 cm³/mol. The number of hydrogen-bond acceptors (Lipinski definition) is 10. The first-order valence-corrected chi connectivity index (χ1v) is 19.0. The van der Waals surface area contributed by atoms with Crippen molar-refractivity contribution in [3.05, 3.63) is 77.1 Å². The molecule has 0 fully saturated rings. The zero-order valence-electron chi connectivity index (χ0n) is 27.7. The van der Waals surface area contributed by atoms with Crippen molar-refractivity contribution in [2.24, 2.45) is 5.90 Å². The topological polar surface area (TPSA) is 181 Å². The van der Waals surface area contributed by atoms with Gasteiger partial charge in [0.25, 0.3) is 10.1 Å². The number of nitrogens with two attached hydrogens (primary N) is 1. The normalized spacial score (nSPS) is 15.9. The number of hydrogen-bond donors (Lipinski definition) is 4. The van der Waals surface area contributed by atoms with Gasteiger partial charge in [0.1, 0.15) is 23.0 Å². The number of benzene rings is 2. The Balaban J connectivity index is 1.75. The molecule has 1 amide bonds. The van der Waals surface area contributed by atoms with Crippen LogP contribution in [0.15, 0.2) is 75.7 Å². The van der Waals surface area contributed by atoms with Crippen LogP contribution in [0.4, 0.5) is 5.69 Å². The van der Waals surface area contributed by atoms with E-state index in [2.05, 4.69) is 52.4 Å². The average molecular weight is 704 g/mol. The van der Waals surface area contributed by atoms with Crippen LogP contribution < -0.4 is 25.6 Å². The van der Waals surface area contributed by atoms with Crippen LogP contribution in [0.25, 0.3) is 5.57 Å². The van der Waals surface area contributed by atoms with E-state index in [1.54, 1.807) is 0 Å². The van der Waals surface area contributed by atoms with E-state index in [1.165, 1.54) is 12.1 Å². The third-order valence-electron chi connectivity index (χ3n) is 8.38. The van der Waals surface area contributed by atoms with Crippen LogP contribution in [-0.4, -0.2) is 84.1 Å². The SMILES string of the molecule is CCN(CC)c1ccc2c(c1)OC1=CC(N(CC)CC)C=CC1=C2c1ccc(S(=O)(=O)NCCCCNC(=O)CON)cc1S(=O)(=O)O. The molecule has 13 nitrogen and oxygen atoms in total. The Bertz CT molecular complexity index is 1800. The van der Waals surface area contributed by atoms with Crippen molar-refractivity contribution >= 4 is 37.3 Å². The number of anilines is 1. The molecule has 48 heavy (non-hydrogen) atoms. The smallest absolute Gasteiger partial charge is 0.295 e. The highest BCUT2D eigenvalue weighted by molar-refractivity contribution is 7.89. The number of allylic oxidation sites excluding steroid dienone is 1. The number of rotatable bonds is 17. The van der Waals surface area contributed by atoms with E-state index < -0.39 is 30.9 Å². The highest BCUT2D eigenvalue weighted by Gasteiger charge is 2.32. The third kappa shape index (κ3) is 8.52. The fourth-order valence-electron chi connectivity index (χ4n) is 5.87. The Morgan fingerprint density at radius 2 is 1.65 bits per heavy atom. The summed E-state index contributed by atoms with van der Waals surface area (Å²) in [5.41, 5.74) is 2.79. The number of nitrogens with one attached hydrogen (secondary N) is 2. The van der Waals surface area contributed by atoms with Crippen molar-refractivity contribution in [2.75, 3.05) is 50.8 Å². The van der Waals surface area contributed by atoms with Gasteiger partial charge in [0.15, 0.2) is 0 Å². The Morgan fingerprint density at radius 3 is 2.29 bits per heavy atom. The van der Waals surface area contributed by atoms with Crippen molar-refractivity contribution in [3.8, 4) is 5.75 Å². The van der Waals surface area contributed by atoms with Gasteiger partial charge < -0.3 is 15.0 Å². The molecule has 262 valence electrons. The van der Waals surface area contributed by atoms with Crippen molar-refractivity contribution in [1.82, 2.24) is 14.9 Å². The molecule has 0 saturated carbocycles. The number of ether oxygens (including phenoxy) is 1. The second kappa shape index (κ2) is 16.2. The van der Waals surface area contributed by atoms with E-state index in [4.69, 9.17) is 10.6 Å². The quantitative estimate of drug-likeness (QED) is 0.108. The maximum Gasteiger partial charge on any atom is 0.295 e. The molecule has 0 aromatic heterocycles. The van der Waals surface area contributed by atoms with Gasteiger partial charge in [0, 0.05) is 60.2 Å². The third-order valence-corrected chi connectivity index (χ3v) is 10.7. The molecule has 1 heterocycles. The lowest BCUT2D eigenvalue weighted by atomic mass is 9.86. The molecular weight excluding hydrogens is 659 g/mol. The molecule has 0 saturated heterocycles. The van der Waals surface area contributed by atoms with Crippen LogP contribution in [0, 0.1) is 0 Å². The van der Waals surface area contributed by atoms with Crippen molar-refractivity contribution in [3.63, 3.8) is 0 Å². The molecule has 0 radical (unpaired) electrons. The van der Waals surface area contributed by atoms with E-state index in [0.717, 1.165) is 37.9 Å². The van der Waals surface area contributed by atoms with Gasteiger partial charge in [-0.3, -0.25) is 19.1 Å². The molecule has 2 aromatic carbocycles. The monoisotopic (exact) mass is 703 g/mol. The Kier molecular flexibility index (Phi) is 12.6. The summed E-state index contributed by atoms with van der Waals surface area (Å²) in [5, 5.41) is 2.59. The van der Waals surface area contributed by atoms with E-state index >= 15 is 0 Å². The minimum atomic E-state index is -4.90. The molecule has 2 aromatic rings. The molecule has 1 aliphatic heterocycles. The van der Waals surface area contributed by atoms with Crippen LogP contribution >= 0.6 is 0 Å². The Hall–Kier alpha value is -3.57. The second-order valence-electron chi connectivity index (χ2n) is 11.2. The number of unbranched alkanes of at least 4 members (excludes halogenated alkanes) is 1.